The van der Waals surface area contributed by atoms with Crippen LogP contribution in [0.5, 0.6) is 11.5 Å². The summed E-state index contributed by atoms with van der Waals surface area (Å²) in [4.78, 5) is 23.0. The highest BCUT2D eigenvalue weighted by Crippen LogP contribution is 2.34. The van der Waals surface area contributed by atoms with Crippen LogP contribution in [0.4, 0.5) is 14.5 Å². The minimum absolute atomic E-state index is 0.00427. The number of amides is 1. The quantitative estimate of drug-likeness (QED) is 0.576. The van der Waals surface area contributed by atoms with Gasteiger partial charge in [0, 0.05) is 11.3 Å². The number of nitrogens with one attached hydrogen (secondary N) is 1. The maximum Gasteiger partial charge on any atom is 0.387 e. The van der Waals surface area contributed by atoms with Crippen LogP contribution in [0.3, 0.4) is 0 Å². The highest BCUT2D eigenvalue weighted by molar-refractivity contribution is 6.10. The molecule has 0 fully saturated rings. The van der Waals surface area contributed by atoms with Crippen molar-refractivity contribution in [1.29, 1.82) is 5.26 Å². The molecule has 1 amide bonds. The van der Waals surface area contributed by atoms with Crippen LogP contribution in [0.15, 0.2) is 48.0 Å². The third-order valence-corrected chi connectivity index (χ3v) is 3.48. The second-order valence-electron chi connectivity index (χ2n) is 5.25. The van der Waals surface area contributed by atoms with E-state index in [2.05, 4.69) is 10.1 Å². The van der Waals surface area contributed by atoms with Gasteiger partial charge in [-0.05, 0) is 29.8 Å². The number of carbonyl (C=O) groups is 2. The number of nitriles is 1. The van der Waals surface area contributed by atoms with Crippen molar-refractivity contribution in [3.8, 4) is 17.6 Å². The van der Waals surface area contributed by atoms with Gasteiger partial charge in [-0.15, -0.1) is 0 Å². The van der Waals surface area contributed by atoms with E-state index in [0.29, 0.717) is 0 Å². The van der Waals surface area contributed by atoms with E-state index in [-0.39, 0.29) is 28.3 Å². The molecule has 0 spiro atoms. The summed E-state index contributed by atoms with van der Waals surface area (Å²) in [6.07, 6.45) is 1.07. The summed E-state index contributed by atoms with van der Waals surface area (Å²) in [7, 11) is 1.26. The molecular formula is C19H13F2N2O5-. The van der Waals surface area contributed by atoms with Crippen molar-refractivity contribution in [2.75, 3.05) is 12.4 Å². The molecule has 0 unspecified atom stereocenters. The fraction of sp³-hybridized carbons (Fsp3) is 0.105. The zero-order valence-corrected chi connectivity index (χ0v) is 14.4. The minimum Gasteiger partial charge on any atom is -0.545 e. The Morgan fingerprint density at radius 3 is 2.43 bits per heavy atom. The summed E-state index contributed by atoms with van der Waals surface area (Å²) in [5.74, 6) is -2.52. The fourth-order valence-electron chi connectivity index (χ4n) is 2.21. The topological polar surface area (TPSA) is 111 Å². The van der Waals surface area contributed by atoms with Crippen LogP contribution in [0.1, 0.15) is 15.9 Å². The second kappa shape index (κ2) is 9.14. The lowest BCUT2D eigenvalue weighted by Gasteiger charge is -2.12. The summed E-state index contributed by atoms with van der Waals surface area (Å²) >= 11 is 0. The molecule has 28 heavy (non-hydrogen) atoms. The molecule has 2 rings (SSSR count). The van der Waals surface area contributed by atoms with Crippen molar-refractivity contribution in [2.24, 2.45) is 0 Å². The van der Waals surface area contributed by atoms with Gasteiger partial charge in [0.1, 0.15) is 11.6 Å². The van der Waals surface area contributed by atoms with E-state index in [0.717, 1.165) is 6.08 Å². The molecule has 144 valence electrons. The number of carboxylic acids is 1. The van der Waals surface area contributed by atoms with Gasteiger partial charge >= 0.3 is 6.61 Å². The van der Waals surface area contributed by atoms with Crippen LogP contribution < -0.4 is 19.9 Å². The molecule has 0 aromatic heterocycles. The van der Waals surface area contributed by atoms with E-state index in [1.54, 1.807) is 6.07 Å². The van der Waals surface area contributed by atoms with Crippen LogP contribution in [-0.2, 0) is 4.79 Å². The maximum absolute atomic E-state index is 12.7. The molecule has 9 heteroatoms. The Bertz CT molecular complexity index is 950. The number of methoxy groups -OCH3 is 1. The molecule has 7 nitrogen and oxygen atoms in total. The van der Waals surface area contributed by atoms with Crippen molar-refractivity contribution in [3.05, 3.63) is 59.2 Å². The molecule has 0 radical (unpaired) electrons. The van der Waals surface area contributed by atoms with Crippen molar-refractivity contribution in [1.82, 2.24) is 0 Å². The summed E-state index contributed by atoms with van der Waals surface area (Å²) < 4.78 is 34.8. The first-order chi connectivity index (χ1) is 13.3. The van der Waals surface area contributed by atoms with E-state index < -0.39 is 24.1 Å². The molecule has 0 aliphatic heterocycles. The van der Waals surface area contributed by atoms with Crippen molar-refractivity contribution < 1.29 is 33.0 Å². The number of halogens is 2. The van der Waals surface area contributed by atoms with Gasteiger partial charge in [0.15, 0.2) is 11.5 Å². The predicted octanol–water partition coefficient (Wildman–Crippen LogP) is 2.21. The van der Waals surface area contributed by atoms with Crippen molar-refractivity contribution >= 4 is 23.6 Å². The SMILES string of the molecule is COc1cccc(/C=C(\C#N)C(=O)Nc2ccc(C(=O)[O-])cc2)c1OC(F)F. The van der Waals surface area contributed by atoms with Crippen LogP contribution in [0.25, 0.3) is 6.08 Å². The average Bonchev–Trinajstić information content (AvgIpc) is 2.66. The Morgan fingerprint density at radius 1 is 1.21 bits per heavy atom. The number of ether oxygens (including phenoxy) is 2. The number of para-hydroxylation sites is 1. The zero-order chi connectivity index (χ0) is 20.7. The smallest absolute Gasteiger partial charge is 0.387 e. The number of alkyl halides is 2. The Labute approximate surface area is 158 Å². The first-order valence-corrected chi connectivity index (χ1v) is 7.72. The number of carbonyl (C=O) groups excluding carboxylic acids is 2. The molecule has 0 bridgehead atoms. The van der Waals surface area contributed by atoms with Gasteiger partial charge in [0.25, 0.3) is 5.91 Å². The van der Waals surface area contributed by atoms with Crippen LogP contribution in [0, 0.1) is 11.3 Å². The Balaban J connectivity index is 2.31. The van der Waals surface area contributed by atoms with E-state index in [9.17, 15) is 28.7 Å². The lowest BCUT2D eigenvalue weighted by Crippen LogP contribution is -2.22. The number of nitrogens with zero attached hydrogens (tertiary/aromatic N) is 1. The number of aromatic carboxylic acids is 1. The Hall–Kier alpha value is -3.93. The minimum atomic E-state index is -3.13. The number of rotatable bonds is 7. The first-order valence-electron chi connectivity index (χ1n) is 7.72. The van der Waals surface area contributed by atoms with Crippen LogP contribution >= 0.6 is 0 Å². The normalized spacial score (nSPS) is 10.9. The molecule has 1 N–H and O–H groups in total. The zero-order valence-electron chi connectivity index (χ0n) is 14.4. The third-order valence-electron chi connectivity index (χ3n) is 3.48. The average molecular weight is 387 g/mol. The van der Waals surface area contributed by atoms with Gasteiger partial charge in [0.2, 0.25) is 0 Å². The number of carboxylic acid groups (broad SMARTS) is 1. The summed E-state index contributed by atoms with van der Waals surface area (Å²) in [6.45, 7) is -3.13. The number of anilines is 1. The number of benzene rings is 2. The van der Waals surface area contributed by atoms with Gasteiger partial charge in [-0.3, -0.25) is 4.79 Å². The molecule has 0 saturated heterocycles. The van der Waals surface area contributed by atoms with E-state index in [1.807, 2.05) is 0 Å². The van der Waals surface area contributed by atoms with E-state index in [1.165, 1.54) is 49.6 Å². The number of hydrogen-bond donors (Lipinski definition) is 1. The van der Waals surface area contributed by atoms with Crippen LogP contribution in [-0.4, -0.2) is 25.6 Å². The van der Waals surface area contributed by atoms with Crippen molar-refractivity contribution in [2.45, 2.75) is 6.61 Å². The molecule has 0 saturated carbocycles. The lowest BCUT2D eigenvalue weighted by atomic mass is 10.1. The lowest BCUT2D eigenvalue weighted by molar-refractivity contribution is -0.255. The number of hydrogen-bond acceptors (Lipinski definition) is 6. The van der Waals surface area contributed by atoms with Gasteiger partial charge in [0.05, 0.1) is 13.1 Å². The van der Waals surface area contributed by atoms with Gasteiger partial charge < -0.3 is 24.7 Å². The van der Waals surface area contributed by atoms with Gasteiger partial charge in [-0.2, -0.15) is 14.0 Å². The summed E-state index contributed by atoms with van der Waals surface area (Å²) in [6, 6.07) is 11.0. The highest BCUT2D eigenvalue weighted by Gasteiger charge is 2.17. The standard InChI is InChI=1S/C19H14F2N2O5/c1-27-15-4-2-3-12(16(15)28-19(20)21)9-13(10-22)17(24)23-14-7-5-11(6-8-14)18(25)26/h2-9,19H,1H3,(H,23,24)(H,25,26)/p-1/b13-9+. The maximum atomic E-state index is 12.7. The molecule has 0 aliphatic carbocycles. The van der Waals surface area contributed by atoms with E-state index in [4.69, 9.17) is 4.74 Å². The molecule has 2 aromatic carbocycles. The largest absolute Gasteiger partial charge is 0.545 e. The highest BCUT2D eigenvalue weighted by atomic mass is 19.3. The summed E-state index contributed by atoms with van der Waals surface area (Å²) in [5, 5.41) is 22.4. The van der Waals surface area contributed by atoms with E-state index >= 15 is 0 Å². The Kier molecular flexibility index (Phi) is 6.65. The molecule has 0 aliphatic rings. The molecule has 0 heterocycles. The predicted molar refractivity (Wildman–Crippen MR) is 92.6 cm³/mol. The molecular weight excluding hydrogens is 374 g/mol. The fourth-order valence-corrected chi connectivity index (χ4v) is 2.21. The molecule has 0 atom stereocenters. The van der Waals surface area contributed by atoms with Gasteiger partial charge in [-0.25, -0.2) is 0 Å². The monoisotopic (exact) mass is 387 g/mol. The summed E-state index contributed by atoms with van der Waals surface area (Å²) in [5.41, 5.74) is -0.208. The first kappa shape index (κ1) is 20.4. The third kappa shape index (κ3) is 5.04. The van der Waals surface area contributed by atoms with Crippen molar-refractivity contribution in [3.63, 3.8) is 0 Å². The van der Waals surface area contributed by atoms with Crippen LogP contribution in [0.2, 0.25) is 0 Å². The molecule has 2 aromatic rings. The Morgan fingerprint density at radius 2 is 1.89 bits per heavy atom. The van der Waals surface area contributed by atoms with Gasteiger partial charge in [-0.1, -0.05) is 24.3 Å². The second-order valence-corrected chi connectivity index (χ2v) is 5.25.